The summed E-state index contributed by atoms with van der Waals surface area (Å²) < 4.78 is 28.6. The number of sulfonamides is 1. The van der Waals surface area contributed by atoms with Crippen molar-refractivity contribution < 1.29 is 13.2 Å². The molecule has 1 aromatic carbocycles. The molecule has 0 radical (unpaired) electrons. The fraction of sp³-hybridized carbons (Fsp3) is 0.474. The normalized spacial score (nSPS) is 16.9. The van der Waals surface area contributed by atoms with Gasteiger partial charge in [-0.3, -0.25) is 9.48 Å². The summed E-state index contributed by atoms with van der Waals surface area (Å²) in [5, 5.41) is 5.04. The van der Waals surface area contributed by atoms with Gasteiger partial charge in [-0.1, -0.05) is 29.8 Å². The van der Waals surface area contributed by atoms with Gasteiger partial charge in [-0.25, -0.2) is 8.42 Å². The van der Waals surface area contributed by atoms with Crippen molar-refractivity contribution in [3.8, 4) is 0 Å². The number of aryl methyl sites for hydroxylation is 1. The maximum absolute atomic E-state index is 12.7. The van der Waals surface area contributed by atoms with Crippen LogP contribution in [0.15, 0.2) is 35.2 Å². The van der Waals surface area contributed by atoms with Gasteiger partial charge in [-0.2, -0.15) is 9.40 Å². The number of benzene rings is 1. The topological polar surface area (TPSA) is 75.5 Å². The van der Waals surface area contributed by atoms with Gasteiger partial charge in [0.05, 0.1) is 27.3 Å². The molecule has 28 heavy (non-hydrogen) atoms. The smallest absolute Gasteiger partial charge is 0.243 e. The molecule has 2 aromatic rings. The van der Waals surface area contributed by atoms with Crippen molar-refractivity contribution in [2.75, 3.05) is 26.2 Å². The lowest BCUT2D eigenvalue weighted by Gasteiger charge is -2.34. The number of hydrogen-bond donors (Lipinski definition) is 0. The zero-order valence-corrected chi connectivity index (χ0v) is 17.9. The monoisotopic (exact) mass is 424 g/mol. The van der Waals surface area contributed by atoms with E-state index in [4.69, 9.17) is 11.6 Å². The number of hydrogen-bond acceptors (Lipinski definition) is 4. The molecule has 1 fully saturated rings. The van der Waals surface area contributed by atoms with Gasteiger partial charge in [-0.15, -0.1) is 0 Å². The molecule has 1 aliphatic rings. The number of nitrogens with zero attached hydrogens (tertiary/aromatic N) is 4. The Morgan fingerprint density at radius 3 is 2.29 bits per heavy atom. The first kappa shape index (κ1) is 20.8. The molecule has 0 bridgehead atoms. The average Bonchev–Trinajstić information content (AvgIpc) is 2.96. The van der Waals surface area contributed by atoms with Crippen LogP contribution in [0.2, 0.25) is 5.02 Å². The summed E-state index contributed by atoms with van der Waals surface area (Å²) in [5.74, 6) is -0.00654. The predicted molar refractivity (Wildman–Crippen MR) is 108 cm³/mol. The summed E-state index contributed by atoms with van der Waals surface area (Å²) in [6.07, 6.45) is 0.295. The molecule has 1 aliphatic heterocycles. The van der Waals surface area contributed by atoms with Crippen LogP contribution in [0.3, 0.4) is 0 Å². The quantitative estimate of drug-likeness (QED) is 0.739. The van der Waals surface area contributed by atoms with Gasteiger partial charge >= 0.3 is 0 Å². The maximum Gasteiger partial charge on any atom is 0.243 e. The molecule has 0 spiro atoms. The standard InChI is InChI=1S/C19H25ClN4O3S/c1-14(24-16(3)19(20)15(2)21-24)13-18(25)22-9-11-23(12-10-22)28(26,27)17-7-5-4-6-8-17/h4-8,14H,9-13H2,1-3H3/t14-/m0/s1. The fourth-order valence-electron chi connectivity index (χ4n) is 3.46. The van der Waals surface area contributed by atoms with Crippen LogP contribution in [0.25, 0.3) is 0 Å². The molecular formula is C19H25ClN4O3S. The SMILES string of the molecule is Cc1nn([C@@H](C)CC(=O)N2CCN(S(=O)(=O)c3ccccc3)CC2)c(C)c1Cl. The van der Waals surface area contributed by atoms with Gasteiger partial charge in [0.1, 0.15) is 0 Å². The lowest BCUT2D eigenvalue weighted by Crippen LogP contribution is -2.50. The Balaban J connectivity index is 1.60. The van der Waals surface area contributed by atoms with E-state index in [0.29, 0.717) is 37.6 Å². The largest absolute Gasteiger partial charge is 0.340 e. The predicted octanol–water partition coefficient (Wildman–Crippen LogP) is 2.64. The lowest BCUT2D eigenvalue weighted by atomic mass is 10.2. The van der Waals surface area contributed by atoms with Crippen LogP contribution >= 0.6 is 11.6 Å². The van der Waals surface area contributed by atoms with Crippen LogP contribution < -0.4 is 0 Å². The van der Waals surface area contributed by atoms with Crippen molar-refractivity contribution in [1.82, 2.24) is 19.0 Å². The van der Waals surface area contributed by atoms with Crippen LogP contribution in [0.5, 0.6) is 0 Å². The molecule has 7 nitrogen and oxygen atoms in total. The first-order valence-electron chi connectivity index (χ1n) is 9.26. The van der Waals surface area contributed by atoms with E-state index < -0.39 is 10.0 Å². The molecule has 1 aromatic heterocycles. The van der Waals surface area contributed by atoms with Crippen LogP contribution in [-0.2, 0) is 14.8 Å². The second-order valence-corrected chi connectivity index (χ2v) is 9.40. The maximum atomic E-state index is 12.7. The number of halogens is 1. The second-order valence-electron chi connectivity index (χ2n) is 7.08. The lowest BCUT2D eigenvalue weighted by molar-refractivity contribution is -0.133. The number of rotatable bonds is 5. The molecule has 0 saturated carbocycles. The van der Waals surface area contributed by atoms with E-state index in [9.17, 15) is 13.2 Å². The van der Waals surface area contributed by atoms with Crippen molar-refractivity contribution >= 4 is 27.5 Å². The molecule has 1 amide bonds. The Morgan fingerprint density at radius 2 is 1.75 bits per heavy atom. The van der Waals surface area contributed by atoms with Crippen molar-refractivity contribution in [2.24, 2.45) is 0 Å². The first-order chi connectivity index (χ1) is 13.2. The summed E-state index contributed by atoms with van der Waals surface area (Å²) >= 11 is 6.20. The Labute approximate surface area is 170 Å². The van der Waals surface area contributed by atoms with Crippen molar-refractivity contribution in [3.63, 3.8) is 0 Å². The number of amides is 1. The van der Waals surface area contributed by atoms with E-state index in [0.717, 1.165) is 11.4 Å². The summed E-state index contributed by atoms with van der Waals surface area (Å²) in [4.78, 5) is 14.7. The van der Waals surface area contributed by atoms with E-state index in [2.05, 4.69) is 5.10 Å². The van der Waals surface area contributed by atoms with Crippen molar-refractivity contribution in [1.29, 1.82) is 0 Å². The Hall–Kier alpha value is -1.90. The molecule has 152 valence electrons. The van der Waals surface area contributed by atoms with Gasteiger partial charge in [0.2, 0.25) is 15.9 Å². The summed E-state index contributed by atoms with van der Waals surface area (Å²) in [6, 6.07) is 8.26. The molecule has 1 atom stereocenters. The molecule has 1 saturated heterocycles. The summed E-state index contributed by atoms with van der Waals surface area (Å²) in [6.45, 7) is 7.02. The minimum absolute atomic E-state index is 0.00654. The molecule has 0 N–H and O–H groups in total. The number of carbonyl (C=O) groups excluding carboxylic acids is 1. The molecular weight excluding hydrogens is 400 g/mol. The highest BCUT2D eigenvalue weighted by molar-refractivity contribution is 7.89. The van der Waals surface area contributed by atoms with Gasteiger partial charge in [0.15, 0.2) is 0 Å². The third kappa shape index (κ3) is 4.09. The zero-order valence-electron chi connectivity index (χ0n) is 16.3. The second kappa shape index (κ2) is 8.23. The molecule has 0 unspecified atom stereocenters. The van der Waals surface area contributed by atoms with Gasteiger partial charge in [0, 0.05) is 32.6 Å². The highest BCUT2D eigenvalue weighted by Gasteiger charge is 2.30. The fourth-order valence-corrected chi connectivity index (χ4v) is 5.03. The van der Waals surface area contributed by atoms with Crippen LogP contribution in [0, 0.1) is 13.8 Å². The molecule has 0 aliphatic carbocycles. The number of carbonyl (C=O) groups is 1. The number of piperazine rings is 1. The van der Waals surface area contributed by atoms with Crippen molar-refractivity contribution in [2.45, 2.75) is 38.1 Å². The van der Waals surface area contributed by atoms with E-state index in [1.165, 1.54) is 4.31 Å². The van der Waals surface area contributed by atoms with E-state index in [1.54, 1.807) is 39.9 Å². The average molecular weight is 425 g/mol. The minimum atomic E-state index is -3.52. The van der Waals surface area contributed by atoms with Crippen LogP contribution in [0.4, 0.5) is 0 Å². The highest BCUT2D eigenvalue weighted by Crippen LogP contribution is 2.24. The van der Waals surface area contributed by atoms with Crippen LogP contribution in [0.1, 0.15) is 30.8 Å². The minimum Gasteiger partial charge on any atom is -0.340 e. The van der Waals surface area contributed by atoms with Gasteiger partial charge in [0.25, 0.3) is 0 Å². The Morgan fingerprint density at radius 1 is 1.14 bits per heavy atom. The third-order valence-corrected chi connectivity index (χ3v) is 7.56. The van der Waals surface area contributed by atoms with Gasteiger partial charge in [-0.05, 0) is 32.9 Å². The van der Waals surface area contributed by atoms with E-state index in [1.807, 2.05) is 20.8 Å². The first-order valence-corrected chi connectivity index (χ1v) is 11.1. The van der Waals surface area contributed by atoms with E-state index >= 15 is 0 Å². The van der Waals surface area contributed by atoms with E-state index in [-0.39, 0.29) is 16.8 Å². The third-order valence-electron chi connectivity index (χ3n) is 5.10. The molecule has 9 heteroatoms. The molecule has 3 rings (SSSR count). The summed E-state index contributed by atoms with van der Waals surface area (Å²) in [7, 11) is -3.52. The number of aromatic nitrogens is 2. The van der Waals surface area contributed by atoms with Crippen LogP contribution in [-0.4, -0.2) is 59.5 Å². The highest BCUT2D eigenvalue weighted by atomic mass is 35.5. The Bertz CT molecular complexity index is 951. The molecule has 2 heterocycles. The van der Waals surface area contributed by atoms with Gasteiger partial charge < -0.3 is 4.90 Å². The van der Waals surface area contributed by atoms with Crippen molar-refractivity contribution in [3.05, 3.63) is 46.7 Å². The zero-order chi connectivity index (χ0) is 20.5. The summed E-state index contributed by atoms with van der Waals surface area (Å²) in [5.41, 5.74) is 1.59. The Kier molecular flexibility index (Phi) is 6.12.